The van der Waals surface area contributed by atoms with Crippen molar-refractivity contribution in [2.45, 2.75) is 20.8 Å². The zero-order valence-electron chi connectivity index (χ0n) is 15.1. The number of sulfonamides is 1. The minimum Gasteiger partial charge on any atom is -0.322 e. The van der Waals surface area contributed by atoms with Crippen LogP contribution in [0, 0.1) is 19.8 Å². The molecule has 1 aliphatic rings. The van der Waals surface area contributed by atoms with Gasteiger partial charge in [0.1, 0.15) is 0 Å². The molecule has 1 fully saturated rings. The van der Waals surface area contributed by atoms with Crippen molar-refractivity contribution in [3.63, 3.8) is 0 Å². The molecule has 2 aromatic rings. The summed E-state index contributed by atoms with van der Waals surface area (Å²) in [7, 11) is -3.72. The summed E-state index contributed by atoms with van der Waals surface area (Å²) in [5, 5.41) is 2.83. The number of carbonyl (C=O) groups excluding carboxylic acids is 2. The smallest absolute Gasteiger partial charge is 0.257 e. The third-order valence-corrected chi connectivity index (χ3v) is 6.74. The number of rotatable bonds is 3. The van der Waals surface area contributed by atoms with Gasteiger partial charge in [-0.3, -0.25) is 9.59 Å². The van der Waals surface area contributed by atoms with Crippen LogP contribution in [0.4, 0.5) is 11.4 Å². The Balaban J connectivity index is 1.87. The number of nitrogens with zero attached hydrogens (tertiary/aromatic N) is 1. The molecule has 0 bridgehead atoms. The van der Waals surface area contributed by atoms with Crippen molar-refractivity contribution in [2.24, 2.45) is 5.92 Å². The zero-order chi connectivity index (χ0) is 19.9. The molecule has 0 aromatic heterocycles. The van der Waals surface area contributed by atoms with Crippen molar-refractivity contribution in [1.82, 2.24) is 0 Å². The molecule has 2 amide bonds. The minimum atomic E-state index is -3.72. The Bertz CT molecular complexity index is 1050. The molecule has 1 saturated heterocycles. The van der Waals surface area contributed by atoms with Gasteiger partial charge in [0.05, 0.1) is 27.9 Å². The van der Waals surface area contributed by atoms with E-state index in [4.69, 9.17) is 11.6 Å². The van der Waals surface area contributed by atoms with Gasteiger partial charge in [-0.15, -0.1) is 0 Å². The van der Waals surface area contributed by atoms with Crippen molar-refractivity contribution in [1.29, 1.82) is 0 Å². The molecular weight excluding hydrogens is 388 g/mol. The van der Waals surface area contributed by atoms with Crippen LogP contribution in [0.15, 0.2) is 36.4 Å². The number of hydrogen-bond donors (Lipinski definition) is 1. The van der Waals surface area contributed by atoms with Gasteiger partial charge < -0.3 is 5.32 Å². The highest BCUT2D eigenvalue weighted by Gasteiger charge is 2.42. The second kappa shape index (κ2) is 6.98. The summed E-state index contributed by atoms with van der Waals surface area (Å²) in [6, 6.07) is 9.70. The average Bonchev–Trinajstić information content (AvgIpc) is 2.78. The summed E-state index contributed by atoms with van der Waals surface area (Å²) < 4.78 is 25.2. The van der Waals surface area contributed by atoms with E-state index in [0.29, 0.717) is 5.69 Å². The standard InChI is InChI=1S/C19H19ClN2O4S/c1-11-4-5-14(8-12(11)2)21-18(23)16-7-6-15(9-17(16)20)22-19(24)13(3)10-27(22,25)26/h4-9,13H,10H2,1-3H3,(H,21,23). The molecule has 1 atom stereocenters. The maximum absolute atomic E-state index is 12.5. The lowest BCUT2D eigenvalue weighted by molar-refractivity contribution is -0.119. The number of amides is 2. The first-order valence-electron chi connectivity index (χ1n) is 8.35. The van der Waals surface area contributed by atoms with Crippen LogP contribution in [0.5, 0.6) is 0 Å². The number of hydrogen-bond acceptors (Lipinski definition) is 4. The second-order valence-electron chi connectivity index (χ2n) is 6.70. The van der Waals surface area contributed by atoms with Crippen molar-refractivity contribution in [3.8, 4) is 0 Å². The van der Waals surface area contributed by atoms with E-state index in [9.17, 15) is 18.0 Å². The molecule has 142 valence electrons. The van der Waals surface area contributed by atoms with Crippen LogP contribution in [0.25, 0.3) is 0 Å². The molecule has 0 spiro atoms. The third kappa shape index (κ3) is 3.70. The third-order valence-electron chi connectivity index (χ3n) is 4.56. The zero-order valence-corrected chi connectivity index (χ0v) is 16.7. The van der Waals surface area contributed by atoms with Gasteiger partial charge in [-0.1, -0.05) is 24.6 Å². The fourth-order valence-corrected chi connectivity index (χ4v) is 4.99. The van der Waals surface area contributed by atoms with E-state index in [0.717, 1.165) is 15.4 Å². The maximum Gasteiger partial charge on any atom is 0.257 e. The number of nitrogens with one attached hydrogen (secondary N) is 1. The predicted octanol–water partition coefficient (Wildman–Crippen LogP) is 3.52. The lowest BCUT2D eigenvalue weighted by atomic mass is 10.1. The molecule has 0 aliphatic carbocycles. The highest BCUT2D eigenvalue weighted by molar-refractivity contribution is 7.94. The van der Waals surface area contributed by atoms with Crippen LogP contribution >= 0.6 is 11.6 Å². The van der Waals surface area contributed by atoms with Crippen LogP contribution in [0.3, 0.4) is 0 Å². The van der Waals surface area contributed by atoms with Crippen LogP contribution < -0.4 is 9.62 Å². The van der Waals surface area contributed by atoms with Gasteiger partial charge in [0.15, 0.2) is 0 Å². The molecule has 0 radical (unpaired) electrons. The molecule has 8 heteroatoms. The Morgan fingerprint density at radius 3 is 2.41 bits per heavy atom. The van der Waals surface area contributed by atoms with Gasteiger partial charge in [-0.2, -0.15) is 0 Å². The Kier molecular flexibility index (Phi) is 5.01. The van der Waals surface area contributed by atoms with E-state index in [1.165, 1.54) is 18.2 Å². The lowest BCUT2D eigenvalue weighted by Crippen LogP contribution is -2.30. The predicted molar refractivity (Wildman–Crippen MR) is 106 cm³/mol. The Labute approximate surface area is 163 Å². The summed E-state index contributed by atoms with van der Waals surface area (Å²) in [5.41, 5.74) is 3.12. The Morgan fingerprint density at radius 2 is 1.85 bits per heavy atom. The summed E-state index contributed by atoms with van der Waals surface area (Å²) in [5.74, 6) is -1.77. The van der Waals surface area contributed by atoms with Gasteiger partial charge in [0, 0.05) is 5.69 Å². The van der Waals surface area contributed by atoms with Gasteiger partial charge in [0.25, 0.3) is 5.91 Å². The monoisotopic (exact) mass is 406 g/mol. The first-order chi connectivity index (χ1) is 12.6. The molecule has 0 saturated carbocycles. The number of benzene rings is 2. The number of halogens is 1. The van der Waals surface area contributed by atoms with Crippen LogP contribution in [-0.2, 0) is 14.8 Å². The SMILES string of the molecule is Cc1ccc(NC(=O)c2ccc(N3C(=O)C(C)CS3(=O)=O)cc2Cl)cc1C. The first kappa shape index (κ1) is 19.4. The summed E-state index contributed by atoms with van der Waals surface area (Å²) in [4.78, 5) is 24.7. The Hall–Kier alpha value is -2.38. The van der Waals surface area contributed by atoms with Crippen molar-refractivity contribution in [3.05, 3.63) is 58.1 Å². The topological polar surface area (TPSA) is 83.6 Å². The highest BCUT2D eigenvalue weighted by atomic mass is 35.5. The average molecular weight is 407 g/mol. The number of anilines is 2. The van der Waals surface area contributed by atoms with E-state index in [2.05, 4.69) is 5.32 Å². The molecule has 3 rings (SSSR count). The summed E-state index contributed by atoms with van der Waals surface area (Å²) >= 11 is 6.21. The van der Waals surface area contributed by atoms with Crippen molar-refractivity contribution in [2.75, 3.05) is 15.4 Å². The molecule has 1 heterocycles. The van der Waals surface area contributed by atoms with Crippen LogP contribution in [0.1, 0.15) is 28.4 Å². The molecule has 1 unspecified atom stereocenters. The first-order valence-corrected chi connectivity index (χ1v) is 10.3. The fraction of sp³-hybridized carbons (Fsp3) is 0.263. The van der Waals surface area contributed by atoms with Crippen molar-refractivity contribution < 1.29 is 18.0 Å². The number of aryl methyl sites for hydroxylation is 2. The number of carbonyl (C=O) groups is 2. The van der Waals surface area contributed by atoms with E-state index < -0.39 is 27.8 Å². The second-order valence-corrected chi connectivity index (χ2v) is 8.97. The minimum absolute atomic E-state index is 0.0661. The maximum atomic E-state index is 12.5. The van der Waals surface area contributed by atoms with Crippen molar-refractivity contribution >= 4 is 44.8 Å². The van der Waals surface area contributed by atoms with Gasteiger partial charge in [0.2, 0.25) is 15.9 Å². The molecular formula is C19H19ClN2O4S. The van der Waals surface area contributed by atoms with Crippen LogP contribution in [-0.4, -0.2) is 26.0 Å². The lowest BCUT2D eigenvalue weighted by Gasteiger charge is -2.16. The van der Waals surface area contributed by atoms with Crippen LogP contribution in [0.2, 0.25) is 5.02 Å². The fourth-order valence-electron chi connectivity index (χ4n) is 2.92. The molecule has 27 heavy (non-hydrogen) atoms. The molecule has 2 aromatic carbocycles. The quantitative estimate of drug-likeness (QED) is 0.845. The summed E-state index contributed by atoms with van der Waals surface area (Å²) in [6.07, 6.45) is 0. The molecule has 6 nitrogen and oxygen atoms in total. The molecule has 1 aliphatic heterocycles. The largest absolute Gasteiger partial charge is 0.322 e. The summed E-state index contributed by atoms with van der Waals surface area (Å²) in [6.45, 7) is 5.49. The van der Waals surface area contributed by atoms with E-state index in [1.807, 2.05) is 26.0 Å². The Morgan fingerprint density at radius 1 is 1.15 bits per heavy atom. The normalized spacial score (nSPS) is 18.6. The van der Waals surface area contributed by atoms with E-state index >= 15 is 0 Å². The van der Waals surface area contributed by atoms with E-state index in [1.54, 1.807) is 13.0 Å². The molecule has 1 N–H and O–H groups in total. The highest BCUT2D eigenvalue weighted by Crippen LogP contribution is 2.31. The van der Waals surface area contributed by atoms with Gasteiger partial charge >= 0.3 is 0 Å². The van der Waals surface area contributed by atoms with Gasteiger partial charge in [-0.25, -0.2) is 12.7 Å². The van der Waals surface area contributed by atoms with Gasteiger partial charge in [-0.05, 0) is 55.3 Å². The van der Waals surface area contributed by atoms with E-state index in [-0.39, 0.29) is 22.0 Å².